The zero-order chi connectivity index (χ0) is 15.1. The molecule has 0 aliphatic heterocycles. The third-order valence-electron chi connectivity index (χ3n) is 2.72. The van der Waals surface area contributed by atoms with Gasteiger partial charge in [0, 0.05) is 6.08 Å². The average Bonchev–Trinajstić information content (AvgIpc) is 2.34. The smallest absolute Gasteiger partial charge is 0.296 e. The zero-order valence-corrected chi connectivity index (χ0v) is 11.4. The molecule has 0 bridgehead atoms. The van der Waals surface area contributed by atoms with Crippen molar-refractivity contribution in [1.82, 2.24) is 0 Å². The van der Waals surface area contributed by atoms with E-state index < -0.39 is 30.0 Å². The maximum absolute atomic E-state index is 11.3. The minimum atomic E-state index is -4.68. The monoisotopic (exact) mass is 316 g/mol. The molecule has 0 fully saturated rings. The first kappa shape index (κ1) is 14.6. The molecule has 106 valence electrons. The second-order valence-corrected chi connectivity index (χ2v) is 6.86. The van der Waals surface area contributed by atoms with Crippen molar-refractivity contribution < 1.29 is 30.7 Å². The molecule has 10 heteroatoms. The van der Waals surface area contributed by atoms with Gasteiger partial charge in [-0.1, -0.05) is 0 Å². The lowest BCUT2D eigenvalue weighted by molar-refractivity contribution is -0.00555. The fourth-order valence-electron chi connectivity index (χ4n) is 1.86. The summed E-state index contributed by atoms with van der Waals surface area (Å²) in [5.74, 6) is 0. The Labute approximate surface area is 114 Å². The first-order chi connectivity index (χ1) is 9.13. The van der Waals surface area contributed by atoms with Crippen LogP contribution in [0.2, 0.25) is 0 Å². The molecule has 0 spiro atoms. The van der Waals surface area contributed by atoms with Gasteiger partial charge in [-0.15, -0.1) is 0 Å². The van der Waals surface area contributed by atoms with Crippen LogP contribution < -0.4 is 0 Å². The van der Waals surface area contributed by atoms with Crippen LogP contribution in [0.4, 0.5) is 0 Å². The van der Waals surface area contributed by atoms with E-state index >= 15 is 0 Å². The highest BCUT2D eigenvalue weighted by atomic mass is 32.2. The Balaban J connectivity index is 2.86. The lowest BCUT2D eigenvalue weighted by Crippen LogP contribution is -2.13. The standard InChI is InChI=1S/C10H8N2O6S2/c11-12-7-1-2-9-6(3-7)4-8(19(13,14)15)5-10(9)20(16,17)18/h1-2,4-5H,3H2,(H,13,14,15)(H,16,17,18). The molecule has 2 N–H and O–H groups in total. The Morgan fingerprint density at radius 1 is 1.05 bits per heavy atom. The summed E-state index contributed by atoms with van der Waals surface area (Å²) >= 11 is 0. The molecular formula is C10H8N2O6S2. The van der Waals surface area contributed by atoms with Gasteiger partial charge in [-0.05, 0) is 29.3 Å². The average molecular weight is 316 g/mol. The lowest BCUT2D eigenvalue weighted by Gasteiger charge is -2.13. The minimum Gasteiger partial charge on any atom is -0.361 e. The molecule has 8 nitrogen and oxygen atoms in total. The molecule has 1 aromatic carbocycles. The first-order valence-electron chi connectivity index (χ1n) is 5.14. The summed E-state index contributed by atoms with van der Waals surface area (Å²) in [6.45, 7) is 0. The molecule has 1 aliphatic carbocycles. The van der Waals surface area contributed by atoms with Crippen LogP contribution in [0, 0.1) is 0 Å². The van der Waals surface area contributed by atoms with Crippen molar-refractivity contribution in [2.75, 3.05) is 0 Å². The van der Waals surface area contributed by atoms with E-state index in [1.165, 1.54) is 12.2 Å². The summed E-state index contributed by atoms with van der Waals surface area (Å²) < 4.78 is 63.0. The Bertz CT molecular complexity index is 877. The first-order valence-corrected chi connectivity index (χ1v) is 8.02. The Kier molecular flexibility index (Phi) is 3.36. The predicted molar refractivity (Wildman–Crippen MR) is 67.4 cm³/mol. The summed E-state index contributed by atoms with van der Waals surface area (Å²) in [4.78, 5) is 1.62. The molecule has 1 aromatic rings. The van der Waals surface area contributed by atoms with Crippen molar-refractivity contribution in [3.8, 4) is 0 Å². The molecular weight excluding hydrogens is 308 g/mol. The van der Waals surface area contributed by atoms with E-state index in [9.17, 15) is 16.8 Å². The third kappa shape index (κ3) is 2.69. The molecule has 0 radical (unpaired) electrons. The predicted octanol–water partition coefficient (Wildman–Crippen LogP) is 0.420. The van der Waals surface area contributed by atoms with Crippen LogP contribution >= 0.6 is 0 Å². The van der Waals surface area contributed by atoms with Crippen molar-refractivity contribution in [2.24, 2.45) is 0 Å². The van der Waals surface area contributed by atoms with Gasteiger partial charge in [0.15, 0.2) is 0 Å². The molecule has 2 rings (SSSR count). The quantitative estimate of drug-likeness (QED) is 0.459. The number of hydrogen-bond acceptors (Lipinski definition) is 4. The third-order valence-corrected chi connectivity index (χ3v) is 4.44. The molecule has 0 heterocycles. The summed E-state index contributed by atoms with van der Waals surface area (Å²) in [7, 11) is -9.33. The molecule has 1 aliphatic rings. The number of allylic oxidation sites excluding steroid dienone is 1. The van der Waals surface area contributed by atoms with Crippen LogP contribution in [0.1, 0.15) is 11.1 Å². The highest BCUT2D eigenvalue weighted by Crippen LogP contribution is 2.28. The topological polar surface area (TPSA) is 145 Å². The van der Waals surface area contributed by atoms with E-state index in [1.54, 1.807) is 0 Å². The van der Waals surface area contributed by atoms with Gasteiger partial charge < -0.3 is 5.53 Å². The van der Waals surface area contributed by atoms with E-state index in [-0.39, 0.29) is 23.3 Å². The number of hydrogen-bond donors (Lipinski definition) is 2. The molecule has 0 amide bonds. The molecule has 0 aromatic heterocycles. The van der Waals surface area contributed by atoms with Crippen LogP contribution in [-0.2, 0) is 26.7 Å². The van der Waals surface area contributed by atoms with E-state index in [0.717, 1.165) is 6.07 Å². The minimum absolute atomic E-state index is 0.0474. The number of benzene rings is 1. The van der Waals surface area contributed by atoms with Crippen molar-refractivity contribution in [3.63, 3.8) is 0 Å². The Hall–Kier alpha value is -1.84. The normalized spacial score (nSPS) is 14.8. The molecule has 0 saturated heterocycles. The summed E-state index contributed by atoms with van der Waals surface area (Å²) in [5, 5.41) is 0. The number of nitrogens with zero attached hydrogens (tertiary/aromatic N) is 2. The highest BCUT2D eigenvalue weighted by molar-refractivity contribution is 7.86. The fraction of sp³-hybridized carbons (Fsp3) is 0.100. The lowest BCUT2D eigenvalue weighted by atomic mass is 9.96. The maximum atomic E-state index is 11.3. The number of fused-ring (bicyclic) bond motifs is 1. The molecule has 20 heavy (non-hydrogen) atoms. The van der Waals surface area contributed by atoms with Crippen molar-refractivity contribution >= 4 is 32.0 Å². The van der Waals surface area contributed by atoms with Crippen LogP contribution in [-0.4, -0.2) is 36.4 Å². The summed E-state index contributed by atoms with van der Waals surface area (Å²) in [5.41, 5.74) is 9.11. The van der Waals surface area contributed by atoms with E-state index in [2.05, 4.69) is 4.79 Å². The van der Waals surface area contributed by atoms with Gasteiger partial charge >= 0.3 is 0 Å². The van der Waals surface area contributed by atoms with Gasteiger partial charge in [-0.25, -0.2) is 0 Å². The zero-order valence-electron chi connectivity index (χ0n) is 9.75. The van der Waals surface area contributed by atoms with Gasteiger partial charge in [0.1, 0.15) is 4.90 Å². The summed E-state index contributed by atoms with van der Waals surface area (Å²) in [6, 6.07) is 1.71. The van der Waals surface area contributed by atoms with Gasteiger partial charge in [-0.3, -0.25) is 9.11 Å². The van der Waals surface area contributed by atoms with Gasteiger partial charge in [0.05, 0.1) is 11.3 Å². The summed E-state index contributed by atoms with van der Waals surface area (Å²) in [6.07, 6.45) is 2.54. The van der Waals surface area contributed by atoms with E-state index in [0.29, 0.717) is 6.07 Å². The number of rotatable bonds is 2. The van der Waals surface area contributed by atoms with Crippen molar-refractivity contribution in [3.05, 3.63) is 34.9 Å². The largest absolute Gasteiger partial charge is 0.361 e. The van der Waals surface area contributed by atoms with Crippen LogP contribution in [0.3, 0.4) is 0 Å². The van der Waals surface area contributed by atoms with Gasteiger partial charge in [0.2, 0.25) is 0 Å². The fourth-order valence-corrected chi connectivity index (χ4v) is 3.24. The van der Waals surface area contributed by atoms with Gasteiger partial charge in [-0.2, -0.15) is 21.6 Å². The second kappa shape index (κ2) is 4.62. The molecule has 0 atom stereocenters. The van der Waals surface area contributed by atoms with Crippen molar-refractivity contribution in [2.45, 2.75) is 16.2 Å². The highest BCUT2D eigenvalue weighted by Gasteiger charge is 2.26. The van der Waals surface area contributed by atoms with Crippen LogP contribution in [0.15, 0.2) is 28.0 Å². The maximum Gasteiger partial charge on any atom is 0.296 e. The Morgan fingerprint density at radius 2 is 1.70 bits per heavy atom. The van der Waals surface area contributed by atoms with E-state index in [4.69, 9.17) is 14.6 Å². The van der Waals surface area contributed by atoms with Crippen LogP contribution in [0.5, 0.6) is 0 Å². The van der Waals surface area contributed by atoms with Gasteiger partial charge in [0.25, 0.3) is 25.9 Å². The van der Waals surface area contributed by atoms with E-state index in [1.807, 2.05) is 0 Å². The second-order valence-electron chi connectivity index (χ2n) is 4.05. The van der Waals surface area contributed by atoms with Crippen molar-refractivity contribution in [1.29, 1.82) is 0 Å². The molecule has 0 saturated carbocycles. The Morgan fingerprint density at radius 3 is 2.20 bits per heavy atom. The SMILES string of the molecule is [N-]=[N+]=C1C=Cc2c(cc(S(=O)(=O)O)cc2S(=O)(=O)O)C1. The molecule has 0 unspecified atom stereocenters. The van der Waals surface area contributed by atoms with Crippen LogP contribution in [0.25, 0.3) is 11.6 Å².